The molecule has 0 amide bonds. The first-order valence-corrected chi connectivity index (χ1v) is 13.5. The van der Waals surface area contributed by atoms with Crippen LogP contribution in [0.4, 0.5) is 16.0 Å². The van der Waals surface area contributed by atoms with Gasteiger partial charge in [0.05, 0.1) is 16.8 Å². The summed E-state index contributed by atoms with van der Waals surface area (Å²) in [6.45, 7) is 7.11. The van der Waals surface area contributed by atoms with Gasteiger partial charge in [-0.3, -0.25) is 9.88 Å². The van der Waals surface area contributed by atoms with Crippen LogP contribution in [0.15, 0.2) is 41.1 Å². The molecule has 14 heteroatoms. The molecule has 0 bridgehead atoms. The van der Waals surface area contributed by atoms with Gasteiger partial charge in [-0.25, -0.2) is 14.2 Å². The van der Waals surface area contributed by atoms with Crippen LogP contribution in [-0.2, 0) is 6.54 Å². The number of halogens is 1. The summed E-state index contributed by atoms with van der Waals surface area (Å²) in [5, 5.41) is 20.0. The summed E-state index contributed by atoms with van der Waals surface area (Å²) in [5.74, 6) is -0.944. The lowest BCUT2D eigenvalue weighted by Crippen LogP contribution is -2.47. The third-order valence-corrected chi connectivity index (χ3v) is 7.92. The number of piperazine rings is 1. The van der Waals surface area contributed by atoms with E-state index in [1.54, 1.807) is 35.9 Å². The number of carbonyl (C=O) groups is 1. The Hall–Kier alpha value is -5.11. The zero-order valence-corrected chi connectivity index (χ0v) is 23.0. The lowest BCUT2D eigenvalue weighted by atomic mass is 10.1. The number of aryl methyl sites for hydroxylation is 2. The van der Waals surface area contributed by atoms with Crippen LogP contribution in [0.25, 0.3) is 39.2 Å². The van der Waals surface area contributed by atoms with Crippen LogP contribution in [0.2, 0.25) is 0 Å². The predicted octanol–water partition coefficient (Wildman–Crippen LogP) is 3.14. The molecule has 1 aliphatic heterocycles. The zero-order valence-electron chi connectivity index (χ0n) is 23.0. The van der Waals surface area contributed by atoms with Crippen molar-refractivity contribution in [1.29, 1.82) is 0 Å². The summed E-state index contributed by atoms with van der Waals surface area (Å²) >= 11 is 0. The normalized spacial score (nSPS) is 14.5. The van der Waals surface area contributed by atoms with Crippen molar-refractivity contribution in [2.75, 3.05) is 43.4 Å². The second-order valence-electron chi connectivity index (χ2n) is 10.4. The van der Waals surface area contributed by atoms with Crippen LogP contribution in [0.3, 0.4) is 0 Å². The summed E-state index contributed by atoms with van der Waals surface area (Å²) in [6.07, 6.45) is 1.65. The van der Waals surface area contributed by atoms with Gasteiger partial charge in [-0.1, -0.05) is 11.2 Å². The Morgan fingerprint density at radius 2 is 1.90 bits per heavy atom. The molecule has 0 radical (unpaired) electrons. The number of anilines is 2. The number of hydrogen-bond donors (Lipinski definition) is 2. The van der Waals surface area contributed by atoms with Crippen molar-refractivity contribution in [3.05, 3.63) is 59.3 Å². The van der Waals surface area contributed by atoms with Crippen LogP contribution < -0.4 is 10.6 Å². The summed E-state index contributed by atoms with van der Waals surface area (Å²) in [4.78, 5) is 30.2. The number of nitrogen functional groups attached to an aromatic ring is 1. The van der Waals surface area contributed by atoms with Crippen molar-refractivity contribution in [1.82, 2.24) is 39.2 Å². The van der Waals surface area contributed by atoms with Gasteiger partial charge in [0.2, 0.25) is 11.8 Å². The number of fused-ring (bicyclic) bond motifs is 4. The summed E-state index contributed by atoms with van der Waals surface area (Å²) in [6, 6.07) is 8.60. The molecule has 214 valence electrons. The highest BCUT2D eigenvalue weighted by Gasteiger charge is 2.27. The SMILES string of the molecule is Cc1noc2cc(F)c(N3CCN(CCn4c(C(=O)O)c(C)c5c4nc(N)n4nc(-c6ccccn6)nc54)CC3)cc12. The topological polar surface area (TPSA) is 157 Å². The van der Waals surface area contributed by atoms with E-state index in [-0.39, 0.29) is 17.5 Å². The molecule has 42 heavy (non-hydrogen) atoms. The Kier molecular flexibility index (Phi) is 6.01. The van der Waals surface area contributed by atoms with Gasteiger partial charge in [0, 0.05) is 56.9 Å². The number of aromatic carboxylic acids is 1. The molecule has 1 aromatic carbocycles. The Bertz CT molecular complexity index is 1990. The van der Waals surface area contributed by atoms with Crippen molar-refractivity contribution in [3.8, 4) is 11.5 Å². The Morgan fingerprint density at radius 1 is 1.10 bits per heavy atom. The highest BCUT2D eigenvalue weighted by atomic mass is 19.1. The van der Waals surface area contributed by atoms with Crippen LogP contribution >= 0.6 is 0 Å². The number of carboxylic acids is 1. The quantitative estimate of drug-likeness (QED) is 0.303. The number of hydrogen-bond acceptors (Lipinski definition) is 10. The second kappa shape index (κ2) is 9.76. The van der Waals surface area contributed by atoms with Crippen molar-refractivity contribution < 1.29 is 18.8 Å². The largest absolute Gasteiger partial charge is 0.477 e. The Labute approximate surface area is 238 Å². The van der Waals surface area contributed by atoms with Crippen LogP contribution in [-0.4, -0.2) is 83.0 Å². The van der Waals surface area contributed by atoms with Crippen molar-refractivity contribution in [3.63, 3.8) is 0 Å². The van der Waals surface area contributed by atoms with E-state index in [0.29, 0.717) is 84.3 Å². The molecule has 6 aromatic rings. The lowest BCUT2D eigenvalue weighted by Gasteiger charge is -2.36. The van der Waals surface area contributed by atoms with Crippen LogP contribution in [0, 0.1) is 19.7 Å². The molecule has 0 unspecified atom stereocenters. The monoisotopic (exact) mass is 570 g/mol. The summed E-state index contributed by atoms with van der Waals surface area (Å²) in [7, 11) is 0. The van der Waals surface area contributed by atoms with E-state index in [1.807, 2.05) is 17.9 Å². The average Bonchev–Trinajstić information content (AvgIpc) is 3.66. The van der Waals surface area contributed by atoms with Gasteiger partial charge in [-0.05, 0) is 37.6 Å². The van der Waals surface area contributed by atoms with Gasteiger partial charge in [0.1, 0.15) is 22.9 Å². The van der Waals surface area contributed by atoms with E-state index in [9.17, 15) is 14.3 Å². The first-order valence-electron chi connectivity index (χ1n) is 13.5. The van der Waals surface area contributed by atoms with Crippen LogP contribution in [0.1, 0.15) is 21.7 Å². The molecule has 1 fully saturated rings. The van der Waals surface area contributed by atoms with Gasteiger partial charge in [-0.15, -0.1) is 5.10 Å². The molecular formula is C28H27FN10O3. The maximum absolute atomic E-state index is 14.9. The number of nitrogens with two attached hydrogens (primary N) is 1. The number of benzene rings is 1. The fourth-order valence-corrected chi connectivity index (χ4v) is 5.76. The van der Waals surface area contributed by atoms with E-state index in [2.05, 4.69) is 30.1 Å². The number of aromatic nitrogens is 7. The Balaban J connectivity index is 1.16. The molecule has 0 saturated carbocycles. The first-order chi connectivity index (χ1) is 20.3. The minimum atomic E-state index is -1.06. The molecule has 3 N–H and O–H groups in total. The number of pyridine rings is 1. The van der Waals surface area contributed by atoms with E-state index in [1.165, 1.54) is 10.6 Å². The zero-order chi connectivity index (χ0) is 29.1. The standard InChI is InChI=1S/C28H27FN10O3/c1-15-22-25(33-28(30)39-26(22)32-24(34-39)19-5-3-4-6-31-19)38(23(15)27(40)41)12-9-36-7-10-37(11-8-36)20-13-17-16(2)35-42-21(17)14-18(20)29/h3-6,13-14H,7-12H2,1-2H3,(H2,30,33)(H,40,41). The second-order valence-corrected chi connectivity index (χ2v) is 10.4. The highest BCUT2D eigenvalue weighted by Crippen LogP contribution is 2.31. The maximum atomic E-state index is 14.9. The molecule has 0 aliphatic carbocycles. The fourth-order valence-electron chi connectivity index (χ4n) is 5.76. The number of nitrogens with zero attached hydrogens (tertiary/aromatic N) is 9. The highest BCUT2D eigenvalue weighted by molar-refractivity contribution is 6.02. The number of rotatable bonds is 6. The summed E-state index contributed by atoms with van der Waals surface area (Å²) in [5.41, 5.74) is 10.1. The van der Waals surface area contributed by atoms with Gasteiger partial charge in [0.25, 0.3) is 0 Å². The first kappa shape index (κ1) is 25.8. The molecule has 0 atom stereocenters. The molecule has 0 spiro atoms. The molecule has 6 heterocycles. The van der Waals surface area contributed by atoms with Crippen molar-refractivity contribution in [2.45, 2.75) is 20.4 Å². The molecule has 7 rings (SSSR count). The minimum Gasteiger partial charge on any atom is -0.477 e. The molecule has 1 saturated heterocycles. The van der Waals surface area contributed by atoms with E-state index in [0.717, 1.165) is 11.1 Å². The van der Waals surface area contributed by atoms with Gasteiger partial charge >= 0.3 is 5.97 Å². The third kappa shape index (κ3) is 4.10. The molecule has 5 aromatic heterocycles. The van der Waals surface area contributed by atoms with Crippen molar-refractivity contribution in [2.24, 2.45) is 0 Å². The van der Waals surface area contributed by atoms with Gasteiger partial charge in [-0.2, -0.15) is 9.50 Å². The lowest BCUT2D eigenvalue weighted by molar-refractivity contribution is 0.0683. The fraction of sp³-hybridized carbons (Fsp3) is 0.286. The molecule has 1 aliphatic rings. The summed E-state index contributed by atoms with van der Waals surface area (Å²) < 4.78 is 23.2. The van der Waals surface area contributed by atoms with E-state index < -0.39 is 5.97 Å². The Morgan fingerprint density at radius 3 is 2.64 bits per heavy atom. The average molecular weight is 571 g/mol. The van der Waals surface area contributed by atoms with Gasteiger partial charge < -0.3 is 24.8 Å². The molecule has 13 nitrogen and oxygen atoms in total. The minimum absolute atomic E-state index is 0.0959. The molecular weight excluding hydrogens is 543 g/mol. The van der Waals surface area contributed by atoms with Crippen molar-refractivity contribution >= 4 is 45.3 Å². The van der Waals surface area contributed by atoms with Gasteiger partial charge in [0.15, 0.2) is 11.2 Å². The maximum Gasteiger partial charge on any atom is 0.352 e. The number of carboxylic acid groups (broad SMARTS) is 1. The van der Waals surface area contributed by atoms with E-state index >= 15 is 0 Å². The predicted molar refractivity (Wildman–Crippen MR) is 153 cm³/mol. The van der Waals surface area contributed by atoms with Crippen LogP contribution in [0.5, 0.6) is 0 Å². The van der Waals surface area contributed by atoms with E-state index in [4.69, 9.17) is 10.3 Å². The smallest absolute Gasteiger partial charge is 0.352 e. The third-order valence-electron chi connectivity index (χ3n) is 7.92.